The smallest absolute Gasteiger partial charge is 0.224 e. The molecule has 1 heterocycles. The Morgan fingerprint density at radius 2 is 1.91 bits per heavy atom. The third-order valence-corrected chi connectivity index (χ3v) is 5.34. The van der Waals surface area contributed by atoms with Crippen molar-refractivity contribution in [2.24, 2.45) is 0 Å². The fourth-order valence-electron chi connectivity index (χ4n) is 3.17. The number of aromatic nitrogens is 2. The van der Waals surface area contributed by atoms with Crippen LogP contribution in [-0.2, 0) is 11.2 Å². The van der Waals surface area contributed by atoms with Crippen LogP contribution < -0.4 is 20.1 Å². The van der Waals surface area contributed by atoms with Crippen LogP contribution in [0.3, 0.4) is 0 Å². The van der Waals surface area contributed by atoms with E-state index in [1.165, 1.54) is 0 Å². The molecule has 0 spiro atoms. The summed E-state index contributed by atoms with van der Waals surface area (Å²) in [6.07, 6.45) is 3.79. The second kappa shape index (κ2) is 12.0. The number of anilines is 2. The molecule has 3 rings (SSSR count). The molecular weight excluding hydrogens is 472 g/mol. The van der Waals surface area contributed by atoms with Crippen molar-refractivity contribution in [1.29, 1.82) is 0 Å². The number of hydrogen-bond donors (Lipinski definition) is 2. The maximum absolute atomic E-state index is 12.0. The average molecular weight is 499 g/mol. The molecule has 0 atom stereocenters. The van der Waals surface area contributed by atoms with Gasteiger partial charge in [0.05, 0.1) is 19.9 Å². The third-order valence-electron chi connectivity index (χ3n) is 4.78. The Hall–Kier alpha value is -3.13. The monoisotopic (exact) mass is 498 g/mol. The Morgan fingerprint density at radius 1 is 1.06 bits per heavy atom. The minimum absolute atomic E-state index is 0.00167. The molecule has 0 saturated carbocycles. The number of ether oxygens (including phenoxy) is 2. The van der Waals surface area contributed by atoms with Gasteiger partial charge in [0.25, 0.3) is 0 Å². The van der Waals surface area contributed by atoms with Crippen molar-refractivity contribution in [2.75, 3.05) is 36.7 Å². The molecule has 2 N–H and O–H groups in total. The van der Waals surface area contributed by atoms with Gasteiger partial charge in [-0.05, 0) is 48.7 Å². The van der Waals surface area contributed by atoms with Crippen LogP contribution in [-0.4, -0.2) is 42.0 Å². The van der Waals surface area contributed by atoms with Crippen molar-refractivity contribution in [2.45, 2.75) is 19.3 Å². The molecule has 0 fully saturated rings. The molecule has 2 aromatic carbocycles. The number of carbonyl (C=O) groups is 1. The van der Waals surface area contributed by atoms with E-state index in [0.29, 0.717) is 30.4 Å². The van der Waals surface area contributed by atoms with Gasteiger partial charge in [-0.25, -0.2) is 9.97 Å². The molecule has 1 amide bonds. The standard InChI is InChI=1S/C24H27BrN4O3/c1-31-21-9-8-17(15-22(21)32-2)10-13-26-24-27-14-11-20(29-24)18-5-3-6-19(16-18)28-23(30)7-4-12-25/h3,5-6,8-9,11,14-16H,4,7,10,12-13H2,1-2H3,(H,28,30)(H,26,27,29). The summed E-state index contributed by atoms with van der Waals surface area (Å²) in [6, 6.07) is 15.4. The van der Waals surface area contributed by atoms with Gasteiger partial charge in [0.15, 0.2) is 11.5 Å². The second-order valence-corrected chi connectivity index (χ2v) is 7.85. The lowest BCUT2D eigenvalue weighted by Crippen LogP contribution is -2.11. The highest BCUT2D eigenvalue weighted by Gasteiger charge is 2.07. The normalized spacial score (nSPS) is 10.5. The van der Waals surface area contributed by atoms with E-state index in [4.69, 9.17) is 9.47 Å². The lowest BCUT2D eigenvalue weighted by Gasteiger charge is -2.11. The van der Waals surface area contributed by atoms with Gasteiger partial charge in [0.1, 0.15) is 0 Å². The topological polar surface area (TPSA) is 85.4 Å². The van der Waals surface area contributed by atoms with Gasteiger partial charge in [-0.15, -0.1) is 0 Å². The predicted octanol–water partition coefficient (Wildman–Crippen LogP) is 4.93. The Balaban J connectivity index is 1.62. The predicted molar refractivity (Wildman–Crippen MR) is 131 cm³/mol. The summed E-state index contributed by atoms with van der Waals surface area (Å²) in [6.45, 7) is 0.669. The first-order chi connectivity index (χ1) is 15.6. The molecule has 0 aliphatic rings. The van der Waals surface area contributed by atoms with Crippen LogP contribution in [0.25, 0.3) is 11.3 Å². The number of hydrogen-bond acceptors (Lipinski definition) is 6. The summed E-state index contributed by atoms with van der Waals surface area (Å²) >= 11 is 3.34. The van der Waals surface area contributed by atoms with Crippen LogP contribution in [0.15, 0.2) is 54.7 Å². The molecule has 7 nitrogen and oxygen atoms in total. The van der Waals surface area contributed by atoms with E-state index < -0.39 is 0 Å². The summed E-state index contributed by atoms with van der Waals surface area (Å²) in [7, 11) is 3.25. The van der Waals surface area contributed by atoms with E-state index in [-0.39, 0.29) is 5.91 Å². The van der Waals surface area contributed by atoms with Gasteiger partial charge in [-0.3, -0.25) is 4.79 Å². The van der Waals surface area contributed by atoms with Crippen LogP contribution >= 0.6 is 15.9 Å². The molecule has 1 aromatic heterocycles. The number of carbonyl (C=O) groups excluding carboxylic acids is 1. The van der Waals surface area contributed by atoms with Crippen LogP contribution in [0, 0.1) is 0 Å². The van der Waals surface area contributed by atoms with Crippen molar-refractivity contribution in [3.8, 4) is 22.8 Å². The van der Waals surface area contributed by atoms with Crippen molar-refractivity contribution in [1.82, 2.24) is 9.97 Å². The summed E-state index contributed by atoms with van der Waals surface area (Å²) < 4.78 is 10.6. The first-order valence-electron chi connectivity index (χ1n) is 10.4. The van der Waals surface area contributed by atoms with Crippen LogP contribution in [0.5, 0.6) is 11.5 Å². The fraction of sp³-hybridized carbons (Fsp3) is 0.292. The molecule has 0 radical (unpaired) electrons. The zero-order valence-electron chi connectivity index (χ0n) is 18.2. The lowest BCUT2D eigenvalue weighted by atomic mass is 10.1. The van der Waals surface area contributed by atoms with Crippen LogP contribution in [0.2, 0.25) is 0 Å². The number of nitrogens with zero attached hydrogens (tertiary/aromatic N) is 2. The quantitative estimate of drug-likeness (QED) is 0.364. The van der Waals surface area contributed by atoms with Gasteiger partial charge in [0, 0.05) is 35.7 Å². The van der Waals surface area contributed by atoms with Crippen molar-refractivity contribution >= 4 is 33.5 Å². The zero-order valence-corrected chi connectivity index (χ0v) is 19.8. The van der Waals surface area contributed by atoms with E-state index in [1.54, 1.807) is 20.4 Å². The van der Waals surface area contributed by atoms with Gasteiger partial charge in [-0.2, -0.15) is 0 Å². The van der Waals surface area contributed by atoms with Crippen LogP contribution in [0.4, 0.5) is 11.6 Å². The summed E-state index contributed by atoms with van der Waals surface area (Å²) in [4.78, 5) is 20.9. The summed E-state index contributed by atoms with van der Waals surface area (Å²) in [5, 5.41) is 7.01. The van der Waals surface area contributed by atoms with Gasteiger partial charge in [-0.1, -0.05) is 34.1 Å². The van der Waals surface area contributed by atoms with E-state index in [1.807, 2.05) is 48.5 Å². The molecule has 0 saturated heterocycles. The van der Waals surface area contributed by atoms with Crippen molar-refractivity contribution in [3.63, 3.8) is 0 Å². The lowest BCUT2D eigenvalue weighted by molar-refractivity contribution is -0.116. The van der Waals surface area contributed by atoms with E-state index in [0.717, 1.165) is 40.7 Å². The zero-order chi connectivity index (χ0) is 22.8. The molecule has 3 aromatic rings. The summed E-state index contributed by atoms with van der Waals surface area (Å²) in [5.74, 6) is 1.97. The van der Waals surface area contributed by atoms with Crippen LogP contribution in [0.1, 0.15) is 18.4 Å². The minimum atomic E-state index is 0.00167. The SMILES string of the molecule is COc1ccc(CCNc2nccc(-c3cccc(NC(=O)CCCBr)c3)n2)cc1OC. The highest BCUT2D eigenvalue weighted by atomic mass is 79.9. The van der Waals surface area contributed by atoms with E-state index >= 15 is 0 Å². The molecule has 0 aliphatic carbocycles. The molecule has 8 heteroatoms. The van der Waals surface area contributed by atoms with Crippen molar-refractivity contribution in [3.05, 3.63) is 60.3 Å². The molecule has 32 heavy (non-hydrogen) atoms. The highest BCUT2D eigenvalue weighted by Crippen LogP contribution is 2.27. The maximum atomic E-state index is 12.0. The maximum Gasteiger partial charge on any atom is 0.224 e. The number of alkyl halides is 1. The number of halogens is 1. The first kappa shape index (κ1) is 23.5. The average Bonchev–Trinajstić information content (AvgIpc) is 2.83. The van der Waals surface area contributed by atoms with E-state index in [2.05, 4.69) is 36.5 Å². The van der Waals surface area contributed by atoms with Crippen molar-refractivity contribution < 1.29 is 14.3 Å². The van der Waals surface area contributed by atoms with Gasteiger partial charge in [0.2, 0.25) is 11.9 Å². The molecule has 0 aliphatic heterocycles. The number of methoxy groups -OCH3 is 2. The highest BCUT2D eigenvalue weighted by molar-refractivity contribution is 9.09. The Bertz CT molecular complexity index is 1050. The number of amides is 1. The third kappa shape index (κ3) is 6.68. The Kier molecular flexibility index (Phi) is 8.86. The molecule has 0 bridgehead atoms. The van der Waals surface area contributed by atoms with E-state index in [9.17, 15) is 4.79 Å². The Morgan fingerprint density at radius 3 is 2.69 bits per heavy atom. The number of rotatable bonds is 11. The molecular formula is C24H27BrN4O3. The largest absolute Gasteiger partial charge is 0.493 e. The summed E-state index contributed by atoms with van der Waals surface area (Å²) in [5.41, 5.74) is 3.57. The number of nitrogens with one attached hydrogen (secondary N) is 2. The minimum Gasteiger partial charge on any atom is -0.493 e. The van der Waals surface area contributed by atoms with Gasteiger partial charge < -0.3 is 20.1 Å². The molecule has 168 valence electrons. The number of benzene rings is 2. The first-order valence-corrected chi connectivity index (χ1v) is 11.5. The molecule has 0 unspecified atom stereocenters. The second-order valence-electron chi connectivity index (χ2n) is 7.05. The van der Waals surface area contributed by atoms with Gasteiger partial charge >= 0.3 is 0 Å². The Labute approximate surface area is 196 Å². The fourth-order valence-corrected chi connectivity index (χ4v) is 3.45.